The van der Waals surface area contributed by atoms with Crippen LogP contribution in [-0.4, -0.2) is 6.29 Å². The van der Waals surface area contributed by atoms with Crippen molar-refractivity contribution in [2.24, 2.45) is 11.3 Å². The van der Waals surface area contributed by atoms with Crippen molar-refractivity contribution >= 4 is 6.29 Å². The molecule has 0 radical (unpaired) electrons. The van der Waals surface area contributed by atoms with E-state index in [1.54, 1.807) is 0 Å². The second kappa shape index (κ2) is 5.47. The van der Waals surface area contributed by atoms with Crippen molar-refractivity contribution in [3.8, 4) is 0 Å². The number of carbonyl (C=O) groups excluding carboxylic acids is 1. The first-order valence-corrected chi connectivity index (χ1v) is 6.25. The fourth-order valence-electron chi connectivity index (χ4n) is 2.32. The lowest BCUT2D eigenvalue weighted by molar-refractivity contribution is -0.107. The average Bonchev–Trinajstić information content (AvgIpc) is 2.49. The number of carbonyl (C=O) groups is 1. The van der Waals surface area contributed by atoms with Gasteiger partial charge in [0.15, 0.2) is 0 Å². The zero-order chi connectivity index (χ0) is 12.2. The zero-order valence-corrected chi connectivity index (χ0v) is 11.0. The van der Waals surface area contributed by atoms with Gasteiger partial charge in [-0.15, -0.1) is 0 Å². The number of rotatable bonds is 5. The van der Waals surface area contributed by atoms with Gasteiger partial charge in [0.1, 0.15) is 6.29 Å². The molecule has 0 N–H and O–H groups in total. The van der Waals surface area contributed by atoms with E-state index in [2.05, 4.69) is 39.8 Å². The smallest absolute Gasteiger partial charge is 0.120 e. The Kier molecular flexibility index (Phi) is 4.52. The Labute approximate surface area is 99.6 Å². The molecule has 1 aliphatic carbocycles. The van der Waals surface area contributed by atoms with Crippen molar-refractivity contribution in [3.05, 3.63) is 23.3 Å². The van der Waals surface area contributed by atoms with Crippen LogP contribution >= 0.6 is 0 Å². The van der Waals surface area contributed by atoms with Crippen LogP contribution in [0.15, 0.2) is 23.3 Å². The molecule has 1 aliphatic rings. The fraction of sp³-hybridized carbons (Fsp3) is 0.667. The van der Waals surface area contributed by atoms with E-state index in [1.165, 1.54) is 17.6 Å². The van der Waals surface area contributed by atoms with Gasteiger partial charge in [-0.3, -0.25) is 0 Å². The molecular weight excluding hydrogens is 196 g/mol. The standard InChI is InChI=1S/C15H24O/c1-12(6-5-11-16)7-9-14-10-8-13(2)15(14,3)4/h7-8,11,14H,5-6,9-10H2,1-4H3/b12-7+. The SMILES string of the molecule is CC1=CCC(C/C=C(\C)CCC=O)C1(C)C. The molecule has 0 aromatic heterocycles. The second-order valence-electron chi connectivity index (χ2n) is 5.53. The zero-order valence-electron chi connectivity index (χ0n) is 11.0. The summed E-state index contributed by atoms with van der Waals surface area (Å²) in [5, 5.41) is 0. The van der Waals surface area contributed by atoms with Gasteiger partial charge >= 0.3 is 0 Å². The van der Waals surface area contributed by atoms with Gasteiger partial charge in [-0.1, -0.05) is 37.1 Å². The molecule has 0 aromatic carbocycles. The molecule has 0 aromatic rings. The molecule has 1 heteroatoms. The monoisotopic (exact) mass is 220 g/mol. The third-order valence-electron chi connectivity index (χ3n) is 4.15. The Balaban J connectivity index is 2.48. The maximum atomic E-state index is 10.3. The van der Waals surface area contributed by atoms with E-state index in [1.807, 2.05) is 0 Å². The Morgan fingerprint density at radius 2 is 2.25 bits per heavy atom. The van der Waals surface area contributed by atoms with E-state index in [-0.39, 0.29) is 0 Å². The molecule has 1 atom stereocenters. The van der Waals surface area contributed by atoms with Crippen LogP contribution in [0.3, 0.4) is 0 Å². The molecule has 0 heterocycles. The van der Waals surface area contributed by atoms with Crippen molar-refractivity contribution in [3.63, 3.8) is 0 Å². The minimum atomic E-state index is 0.349. The van der Waals surface area contributed by atoms with Crippen LogP contribution in [0, 0.1) is 11.3 Å². The maximum absolute atomic E-state index is 10.3. The highest BCUT2D eigenvalue weighted by Crippen LogP contribution is 2.44. The summed E-state index contributed by atoms with van der Waals surface area (Å²) >= 11 is 0. The van der Waals surface area contributed by atoms with Gasteiger partial charge in [0.05, 0.1) is 0 Å². The topological polar surface area (TPSA) is 17.1 Å². The lowest BCUT2D eigenvalue weighted by atomic mass is 9.76. The number of hydrogen-bond acceptors (Lipinski definition) is 1. The fourth-order valence-corrected chi connectivity index (χ4v) is 2.32. The summed E-state index contributed by atoms with van der Waals surface area (Å²) in [7, 11) is 0. The van der Waals surface area contributed by atoms with Crippen LogP contribution in [0.25, 0.3) is 0 Å². The van der Waals surface area contributed by atoms with Gasteiger partial charge < -0.3 is 4.79 Å². The van der Waals surface area contributed by atoms with E-state index >= 15 is 0 Å². The van der Waals surface area contributed by atoms with Crippen molar-refractivity contribution in [2.45, 2.75) is 53.4 Å². The third-order valence-corrected chi connectivity index (χ3v) is 4.15. The summed E-state index contributed by atoms with van der Waals surface area (Å²) < 4.78 is 0. The summed E-state index contributed by atoms with van der Waals surface area (Å²) in [6.45, 7) is 9.05. The van der Waals surface area contributed by atoms with E-state index in [9.17, 15) is 4.79 Å². The first kappa shape index (κ1) is 13.2. The van der Waals surface area contributed by atoms with Crippen molar-refractivity contribution < 1.29 is 4.79 Å². The molecule has 90 valence electrons. The summed E-state index contributed by atoms with van der Waals surface area (Å²) in [4.78, 5) is 10.3. The Bertz CT molecular complexity index is 307. The van der Waals surface area contributed by atoms with Crippen molar-refractivity contribution in [1.82, 2.24) is 0 Å². The van der Waals surface area contributed by atoms with Gasteiger partial charge in [0.25, 0.3) is 0 Å². The second-order valence-corrected chi connectivity index (χ2v) is 5.53. The predicted molar refractivity (Wildman–Crippen MR) is 69.3 cm³/mol. The van der Waals surface area contributed by atoms with Crippen LogP contribution in [0.4, 0.5) is 0 Å². The normalized spacial score (nSPS) is 24.4. The Morgan fingerprint density at radius 3 is 2.75 bits per heavy atom. The third kappa shape index (κ3) is 3.07. The van der Waals surface area contributed by atoms with Crippen LogP contribution < -0.4 is 0 Å². The molecule has 0 bridgehead atoms. The average molecular weight is 220 g/mol. The number of aldehydes is 1. The minimum Gasteiger partial charge on any atom is -0.303 e. The van der Waals surface area contributed by atoms with Gasteiger partial charge in [-0.2, -0.15) is 0 Å². The van der Waals surface area contributed by atoms with E-state index in [4.69, 9.17) is 0 Å². The molecular formula is C15H24O. The number of hydrogen-bond donors (Lipinski definition) is 0. The van der Waals surface area contributed by atoms with Crippen LogP contribution in [0.1, 0.15) is 53.4 Å². The highest BCUT2D eigenvalue weighted by molar-refractivity contribution is 5.49. The van der Waals surface area contributed by atoms with Crippen LogP contribution in [0.5, 0.6) is 0 Å². The molecule has 0 spiro atoms. The summed E-state index contributed by atoms with van der Waals surface area (Å²) in [5.74, 6) is 0.735. The van der Waals surface area contributed by atoms with Gasteiger partial charge in [0.2, 0.25) is 0 Å². The molecule has 1 unspecified atom stereocenters. The quantitative estimate of drug-likeness (QED) is 0.499. The van der Waals surface area contributed by atoms with Crippen LogP contribution in [-0.2, 0) is 4.79 Å². The lowest BCUT2D eigenvalue weighted by Crippen LogP contribution is -2.19. The van der Waals surface area contributed by atoms with Crippen molar-refractivity contribution in [1.29, 1.82) is 0 Å². The maximum Gasteiger partial charge on any atom is 0.120 e. The highest BCUT2D eigenvalue weighted by Gasteiger charge is 2.33. The molecule has 0 fully saturated rings. The predicted octanol–water partition coefficient (Wildman–Crippen LogP) is 4.29. The van der Waals surface area contributed by atoms with Gasteiger partial charge in [0, 0.05) is 6.42 Å². The molecule has 0 aliphatic heterocycles. The van der Waals surface area contributed by atoms with E-state index in [0.29, 0.717) is 11.8 Å². The minimum absolute atomic E-state index is 0.349. The van der Waals surface area contributed by atoms with E-state index < -0.39 is 0 Å². The summed E-state index contributed by atoms with van der Waals surface area (Å²) in [6, 6.07) is 0. The molecule has 1 nitrogen and oxygen atoms in total. The lowest BCUT2D eigenvalue weighted by Gasteiger charge is -2.29. The van der Waals surface area contributed by atoms with Crippen LogP contribution in [0.2, 0.25) is 0 Å². The molecule has 0 saturated carbocycles. The highest BCUT2D eigenvalue weighted by atomic mass is 16.1. The van der Waals surface area contributed by atoms with Gasteiger partial charge in [-0.05, 0) is 44.4 Å². The molecule has 1 rings (SSSR count). The Morgan fingerprint density at radius 1 is 1.56 bits per heavy atom. The molecule has 0 saturated heterocycles. The first-order valence-electron chi connectivity index (χ1n) is 6.25. The molecule has 0 amide bonds. The number of allylic oxidation sites excluding steroid dienone is 4. The van der Waals surface area contributed by atoms with E-state index in [0.717, 1.165) is 25.0 Å². The first-order chi connectivity index (χ1) is 7.48. The summed E-state index contributed by atoms with van der Waals surface area (Å²) in [6.07, 6.45) is 9.63. The largest absolute Gasteiger partial charge is 0.303 e. The van der Waals surface area contributed by atoms with Crippen molar-refractivity contribution in [2.75, 3.05) is 0 Å². The Hall–Kier alpha value is -0.850. The van der Waals surface area contributed by atoms with Gasteiger partial charge in [-0.25, -0.2) is 0 Å². The summed E-state index contributed by atoms with van der Waals surface area (Å²) in [5.41, 5.74) is 3.23. The molecule has 16 heavy (non-hydrogen) atoms.